The second kappa shape index (κ2) is 8.84. The van der Waals surface area contributed by atoms with Gasteiger partial charge in [-0.15, -0.1) is 0 Å². The van der Waals surface area contributed by atoms with E-state index in [1.807, 2.05) is 24.3 Å². The van der Waals surface area contributed by atoms with Crippen LogP contribution in [0.15, 0.2) is 54.7 Å². The van der Waals surface area contributed by atoms with Gasteiger partial charge in [0.25, 0.3) is 11.6 Å². The Kier molecular flexibility index (Phi) is 6.04. The van der Waals surface area contributed by atoms with E-state index >= 15 is 0 Å². The standard InChI is InChI=1S/C20H14ClN3O4/c21-15-8-9-17(24(26)27)16(13-15)20(25)23-10-1-2-12-28-18-7-3-5-14-6-4-11-22-19(14)18/h3-9,11,13H,10,12H2,(H,23,25). The molecule has 28 heavy (non-hydrogen) atoms. The molecule has 7 nitrogen and oxygen atoms in total. The molecule has 3 rings (SSSR count). The summed E-state index contributed by atoms with van der Waals surface area (Å²) in [5.41, 5.74) is 0.312. The average molecular weight is 396 g/mol. The van der Waals surface area contributed by atoms with Gasteiger partial charge in [-0.25, -0.2) is 0 Å². The number of nitro groups is 1. The molecule has 0 bridgehead atoms. The zero-order valence-electron chi connectivity index (χ0n) is 14.5. The van der Waals surface area contributed by atoms with Crippen molar-refractivity contribution in [1.29, 1.82) is 0 Å². The highest BCUT2D eigenvalue weighted by atomic mass is 35.5. The number of fused-ring (bicyclic) bond motifs is 1. The lowest BCUT2D eigenvalue weighted by Crippen LogP contribution is -2.24. The van der Waals surface area contributed by atoms with Crippen molar-refractivity contribution in [3.8, 4) is 17.6 Å². The molecule has 0 atom stereocenters. The number of carbonyl (C=O) groups is 1. The quantitative estimate of drug-likeness (QED) is 0.404. The Labute approximate surface area is 165 Å². The fraction of sp³-hybridized carbons (Fsp3) is 0.100. The summed E-state index contributed by atoms with van der Waals surface area (Å²) in [6.45, 7) is 0.127. The van der Waals surface area contributed by atoms with Crippen molar-refractivity contribution in [3.05, 3.63) is 75.4 Å². The first-order valence-corrected chi connectivity index (χ1v) is 8.58. The first-order valence-electron chi connectivity index (χ1n) is 8.20. The Bertz CT molecular complexity index is 1100. The molecule has 0 aliphatic heterocycles. The van der Waals surface area contributed by atoms with Crippen molar-refractivity contribution in [2.45, 2.75) is 0 Å². The molecule has 140 valence electrons. The van der Waals surface area contributed by atoms with E-state index in [4.69, 9.17) is 16.3 Å². The van der Waals surface area contributed by atoms with Crippen molar-refractivity contribution < 1.29 is 14.5 Å². The van der Waals surface area contributed by atoms with Crippen LogP contribution in [0.5, 0.6) is 5.75 Å². The number of hydrogen-bond donors (Lipinski definition) is 1. The number of benzene rings is 2. The van der Waals surface area contributed by atoms with Gasteiger partial charge in [-0.05, 0) is 24.3 Å². The van der Waals surface area contributed by atoms with Crippen LogP contribution in [-0.4, -0.2) is 29.0 Å². The van der Waals surface area contributed by atoms with Gasteiger partial charge in [0.1, 0.15) is 23.4 Å². The normalized spacial score (nSPS) is 10.0. The fourth-order valence-corrected chi connectivity index (χ4v) is 2.66. The number of pyridine rings is 1. The number of para-hydroxylation sites is 1. The summed E-state index contributed by atoms with van der Waals surface area (Å²) < 4.78 is 5.62. The summed E-state index contributed by atoms with van der Waals surface area (Å²) in [6, 6.07) is 13.2. The van der Waals surface area contributed by atoms with Gasteiger partial charge < -0.3 is 10.1 Å². The molecule has 0 aliphatic carbocycles. The second-order valence-electron chi connectivity index (χ2n) is 5.57. The summed E-state index contributed by atoms with van der Waals surface area (Å²) in [5, 5.41) is 14.7. The van der Waals surface area contributed by atoms with Gasteiger partial charge >= 0.3 is 0 Å². The molecule has 0 aliphatic rings. The highest BCUT2D eigenvalue weighted by Crippen LogP contribution is 2.23. The summed E-state index contributed by atoms with van der Waals surface area (Å²) >= 11 is 5.82. The average Bonchev–Trinajstić information content (AvgIpc) is 2.70. The van der Waals surface area contributed by atoms with Crippen LogP contribution in [-0.2, 0) is 0 Å². The number of hydrogen-bond acceptors (Lipinski definition) is 5. The van der Waals surface area contributed by atoms with Crippen molar-refractivity contribution in [1.82, 2.24) is 10.3 Å². The van der Waals surface area contributed by atoms with Crippen LogP contribution >= 0.6 is 11.6 Å². The summed E-state index contributed by atoms with van der Waals surface area (Å²) in [5.74, 6) is 5.51. The van der Waals surface area contributed by atoms with Crippen LogP contribution < -0.4 is 10.1 Å². The summed E-state index contributed by atoms with van der Waals surface area (Å²) in [7, 11) is 0. The number of ether oxygens (including phenoxy) is 1. The molecule has 0 unspecified atom stereocenters. The molecule has 0 fully saturated rings. The first kappa shape index (κ1) is 19.1. The molecule has 0 saturated heterocycles. The highest BCUT2D eigenvalue weighted by Gasteiger charge is 2.19. The largest absolute Gasteiger partial charge is 0.479 e. The third-order valence-corrected chi connectivity index (χ3v) is 3.99. The lowest BCUT2D eigenvalue weighted by molar-refractivity contribution is -0.385. The van der Waals surface area contributed by atoms with E-state index in [9.17, 15) is 14.9 Å². The minimum atomic E-state index is -0.636. The van der Waals surface area contributed by atoms with Crippen LogP contribution in [0, 0.1) is 22.0 Å². The van der Waals surface area contributed by atoms with E-state index in [1.165, 1.54) is 18.2 Å². The Morgan fingerprint density at radius 3 is 2.86 bits per heavy atom. The van der Waals surface area contributed by atoms with Crippen molar-refractivity contribution in [3.63, 3.8) is 0 Å². The Morgan fingerprint density at radius 2 is 2.04 bits per heavy atom. The summed E-state index contributed by atoms with van der Waals surface area (Å²) in [4.78, 5) is 26.8. The lowest BCUT2D eigenvalue weighted by Gasteiger charge is -2.05. The number of nitro benzene ring substituents is 1. The number of nitrogens with one attached hydrogen (secondary N) is 1. The third-order valence-electron chi connectivity index (χ3n) is 3.76. The Hall–Kier alpha value is -3.63. The minimum Gasteiger partial charge on any atom is -0.479 e. The molecule has 8 heteroatoms. The molecule has 3 aromatic rings. The van der Waals surface area contributed by atoms with Crippen molar-refractivity contribution >= 4 is 34.1 Å². The van der Waals surface area contributed by atoms with E-state index in [-0.39, 0.29) is 29.4 Å². The van der Waals surface area contributed by atoms with E-state index in [2.05, 4.69) is 22.1 Å². The predicted octanol–water partition coefficient (Wildman–Crippen LogP) is 3.61. The van der Waals surface area contributed by atoms with Gasteiger partial charge in [0.15, 0.2) is 0 Å². The number of rotatable bonds is 5. The Morgan fingerprint density at radius 1 is 1.21 bits per heavy atom. The van der Waals surface area contributed by atoms with Gasteiger partial charge in [-0.1, -0.05) is 41.6 Å². The number of halogens is 1. The second-order valence-corrected chi connectivity index (χ2v) is 6.01. The van der Waals surface area contributed by atoms with Crippen LogP contribution in [0.3, 0.4) is 0 Å². The van der Waals surface area contributed by atoms with Crippen LogP contribution in [0.1, 0.15) is 10.4 Å². The molecule has 0 radical (unpaired) electrons. The van der Waals surface area contributed by atoms with Gasteiger partial charge in [0.2, 0.25) is 0 Å². The molecule has 1 aromatic heterocycles. The van der Waals surface area contributed by atoms with Crippen molar-refractivity contribution in [2.24, 2.45) is 0 Å². The molecule has 1 amide bonds. The van der Waals surface area contributed by atoms with Crippen LogP contribution in [0.2, 0.25) is 5.02 Å². The van der Waals surface area contributed by atoms with Gasteiger partial charge in [0.05, 0.1) is 11.5 Å². The number of aromatic nitrogens is 1. The van der Waals surface area contributed by atoms with Gasteiger partial charge in [0, 0.05) is 22.7 Å². The molecule has 1 heterocycles. The lowest BCUT2D eigenvalue weighted by atomic mass is 10.1. The molecule has 2 aromatic carbocycles. The molecule has 0 saturated carbocycles. The topological polar surface area (TPSA) is 94.4 Å². The smallest absolute Gasteiger partial charge is 0.282 e. The number of carbonyl (C=O) groups excluding carboxylic acids is 1. The van der Waals surface area contributed by atoms with E-state index in [0.717, 1.165) is 10.9 Å². The molecular weight excluding hydrogens is 382 g/mol. The van der Waals surface area contributed by atoms with E-state index < -0.39 is 10.8 Å². The molecule has 1 N–H and O–H groups in total. The van der Waals surface area contributed by atoms with Crippen LogP contribution in [0.25, 0.3) is 10.9 Å². The van der Waals surface area contributed by atoms with Gasteiger partial charge in [-0.3, -0.25) is 19.9 Å². The molecular formula is C20H14ClN3O4. The Balaban J connectivity index is 1.57. The number of nitrogens with zero attached hydrogens (tertiary/aromatic N) is 2. The maximum absolute atomic E-state index is 12.1. The van der Waals surface area contributed by atoms with E-state index in [1.54, 1.807) is 12.3 Å². The molecule has 0 spiro atoms. The minimum absolute atomic E-state index is 0.0135. The predicted molar refractivity (Wildman–Crippen MR) is 105 cm³/mol. The maximum atomic E-state index is 12.1. The monoisotopic (exact) mass is 395 g/mol. The SMILES string of the molecule is O=C(NCC#CCOc1cccc2cccnc12)c1cc(Cl)ccc1[N+](=O)[O-]. The summed E-state index contributed by atoms with van der Waals surface area (Å²) in [6.07, 6.45) is 1.69. The maximum Gasteiger partial charge on any atom is 0.282 e. The first-order chi connectivity index (χ1) is 13.6. The van der Waals surface area contributed by atoms with Crippen molar-refractivity contribution in [2.75, 3.05) is 13.2 Å². The highest BCUT2D eigenvalue weighted by molar-refractivity contribution is 6.31. The zero-order chi connectivity index (χ0) is 19.9. The number of amides is 1. The van der Waals surface area contributed by atoms with Gasteiger partial charge in [-0.2, -0.15) is 0 Å². The third kappa shape index (κ3) is 4.55. The van der Waals surface area contributed by atoms with Crippen LogP contribution in [0.4, 0.5) is 5.69 Å². The van der Waals surface area contributed by atoms with E-state index in [0.29, 0.717) is 5.75 Å². The fourth-order valence-electron chi connectivity index (χ4n) is 2.49. The zero-order valence-corrected chi connectivity index (χ0v) is 15.3.